The van der Waals surface area contributed by atoms with Crippen LogP contribution in [0.1, 0.15) is 18.4 Å². The average Bonchev–Trinajstić information content (AvgIpc) is 3.25. The van der Waals surface area contributed by atoms with Gasteiger partial charge in [0.15, 0.2) is 0 Å². The van der Waals surface area contributed by atoms with Crippen molar-refractivity contribution in [1.82, 2.24) is 15.5 Å². The topological polar surface area (TPSA) is 61.4 Å². The van der Waals surface area contributed by atoms with Gasteiger partial charge in [0.05, 0.1) is 6.54 Å². The van der Waals surface area contributed by atoms with E-state index in [9.17, 15) is 14.0 Å². The summed E-state index contributed by atoms with van der Waals surface area (Å²) in [4.78, 5) is 25.1. The molecule has 0 spiro atoms. The Morgan fingerprint density at radius 1 is 1.36 bits per heavy atom. The molecule has 1 fully saturated rings. The third-order valence-corrected chi connectivity index (χ3v) is 3.27. The molecule has 22 heavy (non-hydrogen) atoms. The fraction of sp³-hybridized carbons (Fsp3) is 0.375. The maximum Gasteiger partial charge on any atom is 0.321 e. The highest BCUT2D eigenvalue weighted by Gasteiger charge is 2.24. The summed E-state index contributed by atoms with van der Waals surface area (Å²) in [6.45, 7) is 4.33. The number of hydrogen-bond acceptors (Lipinski definition) is 3. The lowest BCUT2D eigenvalue weighted by Gasteiger charge is -2.20. The molecule has 1 aromatic rings. The molecule has 1 saturated carbocycles. The summed E-state index contributed by atoms with van der Waals surface area (Å²) in [5, 5.41) is 4.96. The zero-order valence-electron chi connectivity index (χ0n) is 12.3. The van der Waals surface area contributed by atoms with Crippen LogP contribution in [-0.4, -0.2) is 36.0 Å². The van der Waals surface area contributed by atoms with Crippen LogP contribution in [0.15, 0.2) is 36.9 Å². The molecule has 1 aliphatic carbocycles. The molecule has 1 aromatic carbocycles. The molecule has 118 valence electrons. The molecule has 0 bridgehead atoms. The van der Waals surface area contributed by atoms with Crippen molar-refractivity contribution in [3.8, 4) is 0 Å². The van der Waals surface area contributed by atoms with Crippen molar-refractivity contribution in [2.75, 3.05) is 13.1 Å². The lowest BCUT2D eigenvalue weighted by atomic mass is 10.2. The molecule has 5 nitrogen and oxygen atoms in total. The maximum atomic E-state index is 13.7. The highest BCUT2D eigenvalue weighted by molar-refractivity contribution is 5.95. The molecule has 0 aliphatic heterocycles. The van der Waals surface area contributed by atoms with Gasteiger partial charge in [0.2, 0.25) is 5.91 Å². The van der Waals surface area contributed by atoms with Crippen LogP contribution in [0.2, 0.25) is 0 Å². The van der Waals surface area contributed by atoms with E-state index >= 15 is 0 Å². The Balaban J connectivity index is 1.87. The van der Waals surface area contributed by atoms with Crippen LogP contribution in [0.3, 0.4) is 0 Å². The Morgan fingerprint density at radius 2 is 2.09 bits per heavy atom. The second kappa shape index (κ2) is 7.70. The van der Waals surface area contributed by atoms with E-state index < -0.39 is 11.9 Å². The normalized spacial score (nSPS) is 13.7. The first-order valence-corrected chi connectivity index (χ1v) is 7.25. The summed E-state index contributed by atoms with van der Waals surface area (Å²) in [5.74, 6) is -0.736. The fourth-order valence-electron chi connectivity index (χ4n) is 2.05. The van der Waals surface area contributed by atoms with Crippen LogP contribution in [0.5, 0.6) is 0 Å². The van der Waals surface area contributed by atoms with E-state index in [-0.39, 0.29) is 24.9 Å². The van der Waals surface area contributed by atoms with Gasteiger partial charge in [0.1, 0.15) is 5.82 Å². The van der Waals surface area contributed by atoms with Gasteiger partial charge in [-0.05, 0) is 18.9 Å². The molecular formula is C16H20FN3O2. The molecular weight excluding hydrogens is 285 g/mol. The molecule has 6 heteroatoms. The van der Waals surface area contributed by atoms with Crippen LogP contribution in [0.4, 0.5) is 9.18 Å². The number of halogens is 1. The number of carbonyl (C=O) groups excluding carboxylic acids is 2. The van der Waals surface area contributed by atoms with Gasteiger partial charge in [0.25, 0.3) is 0 Å². The largest absolute Gasteiger partial charge is 0.335 e. The van der Waals surface area contributed by atoms with E-state index in [1.807, 2.05) is 0 Å². The molecule has 3 amide bonds. The van der Waals surface area contributed by atoms with E-state index in [1.165, 1.54) is 6.07 Å². The molecule has 0 aromatic heterocycles. The minimum absolute atomic E-state index is 0.00155. The highest BCUT2D eigenvalue weighted by atomic mass is 19.1. The summed E-state index contributed by atoms with van der Waals surface area (Å²) < 4.78 is 13.7. The Kier molecular flexibility index (Phi) is 5.66. The second-order valence-corrected chi connectivity index (χ2v) is 5.35. The van der Waals surface area contributed by atoms with Crippen LogP contribution in [0, 0.1) is 5.82 Å². The number of rotatable bonds is 7. The Hall–Kier alpha value is -2.21. The van der Waals surface area contributed by atoms with Gasteiger partial charge in [-0.3, -0.25) is 15.0 Å². The van der Waals surface area contributed by atoms with Crippen molar-refractivity contribution < 1.29 is 14.0 Å². The molecule has 2 N–H and O–H groups in total. The number of imide groups is 1. The zero-order valence-corrected chi connectivity index (χ0v) is 12.3. The molecule has 0 atom stereocenters. The number of benzene rings is 1. The fourth-order valence-corrected chi connectivity index (χ4v) is 2.05. The second-order valence-electron chi connectivity index (χ2n) is 5.35. The zero-order chi connectivity index (χ0) is 15.9. The van der Waals surface area contributed by atoms with E-state index in [0.717, 1.165) is 12.8 Å². The average molecular weight is 305 g/mol. The molecule has 0 unspecified atom stereocenters. The van der Waals surface area contributed by atoms with E-state index in [2.05, 4.69) is 17.2 Å². The van der Waals surface area contributed by atoms with Crippen molar-refractivity contribution in [2.45, 2.75) is 25.4 Å². The van der Waals surface area contributed by atoms with Gasteiger partial charge in [-0.2, -0.15) is 0 Å². The van der Waals surface area contributed by atoms with Crippen LogP contribution in [-0.2, 0) is 11.3 Å². The Labute approximate surface area is 129 Å². The standard InChI is InChI=1S/C16H20FN3O2/c1-2-9-20(10-12-5-3-4-6-14(12)17)11-15(21)19-16(22)18-13-7-8-13/h2-6,13H,1,7-11H2,(H2,18,19,21,22). The smallest absolute Gasteiger partial charge is 0.321 e. The third kappa shape index (κ3) is 5.29. The number of nitrogens with zero attached hydrogens (tertiary/aromatic N) is 1. The van der Waals surface area contributed by atoms with Crippen LogP contribution >= 0.6 is 0 Å². The summed E-state index contributed by atoms with van der Waals surface area (Å²) >= 11 is 0. The first-order valence-electron chi connectivity index (χ1n) is 7.25. The van der Waals surface area contributed by atoms with Crippen molar-refractivity contribution >= 4 is 11.9 Å². The van der Waals surface area contributed by atoms with Crippen molar-refractivity contribution in [3.63, 3.8) is 0 Å². The van der Waals surface area contributed by atoms with Gasteiger partial charge >= 0.3 is 6.03 Å². The Morgan fingerprint density at radius 3 is 2.73 bits per heavy atom. The lowest BCUT2D eigenvalue weighted by Crippen LogP contribution is -2.45. The van der Waals surface area contributed by atoms with Crippen LogP contribution < -0.4 is 10.6 Å². The summed E-state index contributed by atoms with van der Waals surface area (Å²) in [7, 11) is 0. The summed E-state index contributed by atoms with van der Waals surface area (Å²) in [6.07, 6.45) is 3.55. The van der Waals surface area contributed by atoms with E-state index in [1.54, 1.807) is 29.2 Å². The molecule has 0 heterocycles. The van der Waals surface area contributed by atoms with Gasteiger partial charge < -0.3 is 5.32 Å². The number of urea groups is 1. The minimum Gasteiger partial charge on any atom is -0.335 e. The van der Waals surface area contributed by atoms with Gasteiger partial charge in [-0.1, -0.05) is 24.3 Å². The number of carbonyl (C=O) groups is 2. The quantitative estimate of drug-likeness (QED) is 0.755. The summed E-state index contributed by atoms with van der Waals surface area (Å²) in [6, 6.07) is 6.12. The molecule has 1 aliphatic rings. The third-order valence-electron chi connectivity index (χ3n) is 3.27. The number of nitrogens with one attached hydrogen (secondary N) is 2. The number of amides is 3. The van der Waals surface area contributed by atoms with Crippen molar-refractivity contribution in [2.24, 2.45) is 0 Å². The molecule has 0 saturated heterocycles. The van der Waals surface area contributed by atoms with Gasteiger partial charge in [-0.15, -0.1) is 6.58 Å². The maximum absolute atomic E-state index is 13.7. The highest BCUT2D eigenvalue weighted by Crippen LogP contribution is 2.18. The molecule has 0 radical (unpaired) electrons. The monoisotopic (exact) mass is 305 g/mol. The van der Waals surface area contributed by atoms with Crippen molar-refractivity contribution in [3.05, 3.63) is 48.3 Å². The lowest BCUT2D eigenvalue weighted by molar-refractivity contribution is -0.121. The van der Waals surface area contributed by atoms with Crippen LogP contribution in [0.25, 0.3) is 0 Å². The first kappa shape index (κ1) is 16.2. The van der Waals surface area contributed by atoms with Gasteiger partial charge in [0, 0.05) is 24.7 Å². The Bertz CT molecular complexity index is 558. The predicted molar refractivity (Wildman–Crippen MR) is 81.6 cm³/mol. The van der Waals surface area contributed by atoms with Crippen molar-refractivity contribution in [1.29, 1.82) is 0 Å². The van der Waals surface area contributed by atoms with E-state index in [4.69, 9.17) is 0 Å². The first-order chi connectivity index (χ1) is 10.6. The predicted octanol–water partition coefficient (Wildman–Crippen LogP) is 1.80. The molecule has 2 rings (SSSR count). The minimum atomic E-state index is -0.475. The van der Waals surface area contributed by atoms with E-state index in [0.29, 0.717) is 12.1 Å². The summed E-state index contributed by atoms with van der Waals surface area (Å²) in [5.41, 5.74) is 0.500. The number of hydrogen-bond donors (Lipinski definition) is 2. The van der Waals surface area contributed by atoms with Gasteiger partial charge in [-0.25, -0.2) is 9.18 Å². The SMILES string of the molecule is C=CCN(CC(=O)NC(=O)NC1CC1)Cc1ccccc1F.